The summed E-state index contributed by atoms with van der Waals surface area (Å²) in [5, 5.41) is 0. The summed E-state index contributed by atoms with van der Waals surface area (Å²) in [4.78, 5) is 2.39. The molecule has 1 aliphatic rings. The Balaban J connectivity index is 2.21. The summed E-state index contributed by atoms with van der Waals surface area (Å²) in [6, 6.07) is 0. The van der Waals surface area contributed by atoms with E-state index in [2.05, 4.69) is 24.6 Å². The zero-order chi connectivity index (χ0) is 10.4. The van der Waals surface area contributed by atoms with E-state index in [1.807, 2.05) is 0 Å². The fourth-order valence-electron chi connectivity index (χ4n) is 1.42. The molecule has 1 saturated heterocycles. The van der Waals surface area contributed by atoms with Crippen molar-refractivity contribution in [2.75, 3.05) is 32.8 Å². The zero-order valence-corrected chi connectivity index (χ0v) is 8.80. The number of nitrogens with zero attached hydrogens (tertiary/aromatic N) is 1. The van der Waals surface area contributed by atoms with E-state index < -0.39 is 0 Å². The molecule has 0 aromatic rings. The van der Waals surface area contributed by atoms with E-state index in [0.717, 1.165) is 50.4 Å². The predicted molar refractivity (Wildman–Crippen MR) is 60.4 cm³/mol. The Kier molecular flexibility index (Phi) is 4.63. The Hall–Kier alpha value is -0.860. The van der Waals surface area contributed by atoms with Gasteiger partial charge in [-0.3, -0.25) is 4.90 Å². The molecule has 1 aliphatic heterocycles. The molecule has 0 unspecified atom stereocenters. The van der Waals surface area contributed by atoms with Crippen molar-refractivity contribution in [3.63, 3.8) is 0 Å². The van der Waals surface area contributed by atoms with E-state index in [4.69, 9.17) is 4.74 Å². The predicted octanol–water partition coefficient (Wildman–Crippen LogP) is 2.01. The minimum atomic E-state index is 0.856. The lowest BCUT2D eigenvalue weighted by molar-refractivity contribution is 0.0385. The van der Waals surface area contributed by atoms with Crippen molar-refractivity contribution < 1.29 is 4.74 Å². The maximum absolute atomic E-state index is 5.28. The van der Waals surface area contributed by atoms with Crippen molar-refractivity contribution in [2.45, 2.75) is 6.42 Å². The monoisotopic (exact) mass is 193 g/mol. The lowest BCUT2D eigenvalue weighted by Gasteiger charge is -2.26. The number of rotatable bonds is 5. The average molecular weight is 193 g/mol. The van der Waals surface area contributed by atoms with Gasteiger partial charge in [0, 0.05) is 19.6 Å². The van der Waals surface area contributed by atoms with Gasteiger partial charge < -0.3 is 4.74 Å². The van der Waals surface area contributed by atoms with Gasteiger partial charge in [0.15, 0.2) is 0 Å². The largest absolute Gasteiger partial charge is 0.379 e. The molecule has 0 aliphatic carbocycles. The van der Waals surface area contributed by atoms with Gasteiger partial charge in [0.2, 0.25) is 0 Å². The minimum Gasteiger partial charge on any atom is -0.379 e. The summed E-state index contributed by atoms with van der Waals surface area (Å²) in [5.74, 6) is 0. The molecule has 1 rings (SSSR count). The third-order valence-electron chi connectivity index (χ3n) is 2.53. The van der Waals surface area contributed by atoms with Gasteiger partial charge in [0.25, 0.3) is 0 Å². The van der Waals surface area contributed by atoms with Crippen LogP contribution in [0.4, 0.5) is 0 Å². The van der Waals surface area contributed by atoms with E-state index in [-0.39, 0.29) is 0 Å². The van der Waals surface area contributed by atoms with Crippen molar-refractivity contribution >= 4 is 0 Å². The highest BCUT2D eigenvalue weighted by atomic mass is 16.5. The Morgan fingerprint density at radius 3 is 2.50 bits per heavy atom. The van der Waals surface area contributed by atoms with Gasteiger partial charge in [-0.1, -0.05) is 25.8 Å². The number of hydrogen-bond donors (Lipinski definition) is 0. The Labute approximate surface area is 86.6 Å². The smallest absolute Gasteiger partial charge is 0.0594 e. The Bertz CT molecular complexity index is 226. The molecular formula is C12H19NO. The first kappa shape index (κ1) is 11.2. The Morgan fingerprint density at radius 1 is 1.29 bits per heavy atom. The van der Waals surface area contributed by atoms with Gasteiger partial charge in [0.1, 0.15) is 0 Å². The number of morpholine rings is 1. The van der Waals surface area contributed by atoms with Crippen LogP contribution in [-0.2, 0) is 4.74 Å². The van der Waals surface area contributed by atoms with Crippen molar-refractivity contribution in [3.8, 4) is 0 Å². The molecule has 78 valence electrons. The number of ether oxygens (including phenoxy) is 1. The van der Waals surface area contributed by atoms with Crippen LogP contribution >= 0.6 is 0 Å². The summed E-state index contributed by atoms with van der Waals surface area (Å²) < 4.78 is 5.28. The summed E-state index contributed by atoms with van der Waals surface area (Å²) >= 11 is 0. The summed E-state index contributed by atoms with van der Waals surface area (Å²) in [6.45, 7) is 16.4. The highest BCUT2D eigenvalue weighted by Crippen LogP contribution is 2.11. The van der Waals surface area contributed by atoms with E-state index in [9.17, 15) is 0 Å². The van der Waals surface area contributed by atoms with Crippen LogP contribution < -0.4 is 0 Å². The fourth-order valence-corrected chi connectivity index (χ4v) is 1.42. The molecule has 0 atom stereocenters. The second kappa shape index (κ2) is 5.78. The van der Waals surface area contributed by atoms with E-state index >= 15 is 0 Å². The highest BCUT2D eigenvalue weighted by Gasteiger charge is 2.10. The second-order valence-corrected chi connectivity index (χ2v) is 3.54. The molecule has 0 aromatic heterocycles. The lowest BCUT2D eigenvalue weighted by atomic mass is 10.1. The first-order valence-corrected chi connectivity index (χ1v) is 5.03. The summed E-state index contributed by atoms with van der Waals surface area (Å²) in [7, 11) is 0. The zero-order valence-electron chi connectivity index (χ0n) is 8.80. The molecular weight excluding hydrogens is 174 g/mol. The van der Waals surface area contributed by atoms with Crippen LogP contribution in [0, 0.1) is 0 Å². The molecule has 14 heavy (non-hydrogen) atoms. The maximum atomic E-state index is 5.28. The van der Waals surface area contributed by atoms with Gasteiger partial charge in [-0.2, -0.15) is 0 Å². The molecule has 2 heteroatoms. The van der Waals surface area contributed by atoms with Gasteiger partial charge in [-0.05, 0) is 17.6 Å². The molecule has 1 heterocycles. The second-order valence-electron chi connectivity index (χ2n) is 3.54. The van der Waals surface area contributed by atoms with Crippen LogP contribution in [0.2, 0.25) is 0 Å². The first-order valence-electron chi connectivity index (χ1n) is 5.03. The first-order chi connectivity index (χ1) is 6.74. The maximum Gasteiger partial charge on any atom is 0.0594 e. The number of allylic oxidation sites excluding steroid dienone is 2. The topological polar surface area (TPSA) is 12.5 Å². The molecule has 0 spiro atoms. The number of hydrogen-bond acceptors (Lipinski definition) is 2. The fraction of sp³-hybridized carbons (Fsp3) is 0.500. The van der Waals surface area contributed by atoms with Crippen LogP contribution in [0.15, 0.2) is 37.0 Å². The van der Waals surface area contributed by atoms with E-state index in [1.165, 1.54) is 0 Å². The Morgan fingerprint density at radius 2 is 1.93 bits per heavy atom. The minimum absolute atomic E-state index is 0.856. The van der Waals surface area contributed by atoms with Crippen LogP contribution in [-0.4, -0.2) is 37.7 Å². The van der Waals surface area contributed by atoms with Crippen molar-refractivity contribution in [3.05, 3.63) is 37.0 Å². The van der Waals surface area contributed by atoms with E-state index in [1.54, 1.807) is 6.08 Å². The highest BCUT2D eigenvalue weighted by molar-refractivity contribution is 5.33. The van der Waals surface area contributed by atoms with Gasteiger partial charge in [-0.25, -0.2) is 0 Å². The molecule has 0 N–H and O–H groups in total. The van der Waals surface area contributed by atoms with Crippen molar-refractivity contribution in [1.82, 2.24) is 4.90 Å². The molecule has 0 amide bonds. The molecule has 0 radical (unpaired) electrons. The molecule has 0 bridgehead atoms. The molecule has 0 saturated carbocycles. The summed E-state index contributed by atoms with van der Waals surface area (Å²) in [5.41, 5.74) is 2.05. The van der Waals surface area contributed by atoms with Crippen molar-refractivity contribution in [1.29, 1.82) is 0 Å². The third-order valence-corrected chi connectivity index (χ3v) is 2.53. The normalized spacial score (nSPS) is 17.7. The van der Waals surface area contributed by atoms with E-state index in [0.29, 0.717) is 0 Å². The standard InChI is InChI=1S/C12H19NO/c1-4-11(2)12(3)5-6-13-7-9-14-10-8-13/h4H,1-3,5-10H2. The van der Waals surface area contributed by atoms with Crippen LogP contribution in [0.3, 0.4) is 0 Å². The molecule has 1 fully saturated rings. The SMILES string of the molecule is C=CC(=C)C(=C)CCN1CCOCC1. The third kappa shape index (κ3) is 3.48. The lowest BCUT2D eigenvalue weighted by Crippen LogP contribution is -2.36. The van der Waals surface area contributed by atoms with Gasteiger partial charge in [0.05, 0.1) is 13.2 Å². The average Bonchev–Trinajstić information content (AvgIpc) is 2.26. The quantitative estimate of drug-likeness (QED) is 0.619. The van der Waals surface area contributed by atoms with Crippen LogP contribution in [0.1, 0.15) is 6.42 Å². The van der Waals surface area contributed by atoms with Crippen molar-refractivity contribution in [2.24, 2.45) is 0 Å². The summed E-state index contributed by atoms with van der Waals surface area (Å²) in [6.07, 6.45) is 2.74. The molecule has 0 aromatic carbocycles. The van der Waals surface area contributed by atoms with Gasteiger partial charge >= 0.3 is 0 Å². The van der Waals surface area contributed by atoms with Crippen LogP contribution in [0.25, 0.3) is 0 Å². The molecule has 2 nitrogen and oxygen atoms in total. The van der Waals surface area contributed by atoms with Gasteiger partial charge in [-0.15, -0.1) is 0 Å². The van der Waals surface area contributed by atoms with Crippen LogP contribution in [0.5, 0.6) is 0 Å².